The molecule has 1 unspecified atom stereocenters. The number of nitrogens with zero attached hydrogens (tertiary/aromatic N) is 2. The zero-order valence-electron chi connectivity index (χ0n) is 8.10. The second-order valence-electron chi connectivity index (χ2n) is 2.60. The summed E-state index contributed by atoms with van der Waals surface area (Å²) in [6, 6.07) is 0. The van der Waals surface area contributed by atoms with Gasteiger partial charge in [-0.3, -0.25) is 4.21 Å². The van der Waals surface area contributed by atoms with E-state index in [1.165, 1.54) is 19.6 Å². The zero-order valence-corrected chi connectivity index (χ0v) is 8.92. The fourth-order valence-electron chi connectivity index (χ4n) is 0.895. The lowest BCUT2D eigenvalue weighted by Gasteiger charge is -2.02. The van der Waals surface area contributed by atoms with Crippen molar-refractivity contribution in [2.75, 3.05) is 13.4 Å². The third-order valence-electron chi connectivity index (χ3n) is 1.62. The smallest absolute Gasteiger partial charge is 0.341 e. The Kier molecular flexibility index (Phi) is 3.29. The van der Waals surface area contributed by atoms with Crippen LogP contribution in [0.3, 0.4) is 0 Å². The van der Waals surface area contributed by atoms with Crippen molar-refractivity contribution in [1.82, 2.24) is 9.97 Å². The van der Waals surface area contributed by atoms with Gasteiger partial charge in [-0.15, -0.1) is 0 Å². The summed E-state index contributed by atoms with van der Waals surface area (Å²) in [6.07, 6.45) is 2.80. The van der Waals surface area contributed by atoms with Crippen molar-refractivity contribution < 1.29 is 13.7 Å². The predicted molar refractivity (Wildman–Crippen MR) is 50.4 cm³/mol. The average molecular weight is 214 g/mol. The van der Waals surface area contributed by atoms with E-state index in [-0.39, 0.29) is 5.16 Å². The Morgan fingerprint density at radius 2 is 2.21 bits per heavy atom. The number of aromatic nitrogens is 2. The molecule has 0 N–H and O–H groups in total. The number of methoxy groups -OCH3 is 1. The standard InChI is InChI=1S/C8H10N2O3S/c1-5-6(7(11)13-2)4-9-8(10-5)14(3)12/h4H,1-3H3. The molecule has 0 saturated carbocycles. The van der Waals surface area contributed by atoms with E-state index >= 15 is 0 Å². The molecule has 0 bridgehead atoms. The lowest BCUT2D eigenvalue weighted by Crippen LogP contribution is -2.08. The first-order valence-electron chi connectivity index (χ1n) is 3.81. The van der Waals surface area contributed by atoms with Crippen LogP contribution in [-0.4, -0.2) is 33.5 Å². The SMILES string of the molecule is COC(=O)c1cnc(S(C)=O)nc1C. The van der Waals surface area contributed by atoms with Crippen LogP contribution in [0.15, 0.2) is 11.4 Å². The first-order valence-corrected chi connectivity index (χ1v) is 5.37. The van der Waals surface area contributed by atoms with Gasteiger partial charge in [-0.1, -0.05) is 0 Å². The van der Waals surface area contributed by atoms with E-state index in [9.17, 15) is 9.00 Å². The Bertz CT molecular complexity index is 392. The first kappa shape index (κ1) is 10.8. The first-order chi connectivity index (χ1) is 6.56. The highest BCUT2D eigenvalue weighted by molar-refractivity contribution is 7.84. The fraction of sp³-hybridized carbons (Fsp3) is 0.375. The summed E-state index contributed by atoms with van der Waals surface area (Å²) >= 11 is 0. The molecule has 0 aliphatic rings. The lowest BCUT2D eigenvalue weighted by atomic mass is 10.2. The largest absolute Gasteiger partial charge is 0.465 e. The fourth-order valence-corrected chi connectivity index (χ4v) is 1.36. The van der Waals surface area contributed by atoms with Crippen molar-refractivity contribution in [2.45, 2.75) is 12.1 Å². The predicted octanol–water partition coefficient (Wildman–Crippen LogP) is 0.309. The maximum absolute atomic E-state index is 11.1. The van der Waals surface area contributed by atoms with Crippen LogP contribution in [0, 0.1) is 6.92 Å². The minimum Gasteiger partial charge on any atom is -0.465 e. The van der Waals surface area contributed by atoms with E-state index in [0.717, 1.165) is 0 Å². The molecule has 0 aliphatic carbocycles. The van der Waals surface area contributed by atoms with Gasteiger partial charge in [-0.25, -0.2) is 14.8 Å². The van der Waals surface area contributed by atoms with Crippen molar-refractivity contribution in [3.05, 3.63) is 17.5 Å². The van der Waals surface area contributed by atoms with Crippen molar-refractivity contribution in [1.29, 1.82) is 0 Å². The highest BCUT2D eigenvalue weighted by atomic mass is 32.2. The van der Waals surface area contributed by atoms with Crippen LogP contribution in [0.2, 0.25) is 0 Å². The van der Waals surface area contributed by atoms with Gasteiger partial charge in [0.05, 0.1) is 29.2 Å². The van der Waals surface area contributed by atoms with Crippen molar-refractivity contribution >= 4 is 16.8 Å². The maximum Gasteiger partial charge on any atom is 0.341 e. The molecule has 0 aliphatic heterocycles. The summed E-state index contributed by atoms with van der Waals surface area (Å²) in [6.45, 7) is 1.64. The Balaban J connectivity index is 3.14. The number of hydrogen-bond donors (Lipinski definition) is 0. The van der Waals surface area contributed by atoms with Gasteiger partial charge in [0.2, 0.25) is 5.16 Å². The quantitative estimate of drug-likeness (QED) is 0.523. The molecular weight excluding hydrogens is 204 g/mol. The molecule has 0 amide bonds. The number of rotatable bonds is 2. The van der Waals surface area contributed by atoms with Gasteiger partial charge in [-0.2, -0.15) is 0 Å². The Labute approximate surface area is 84.0 Å². The van der Waals surface area contributed by atoms with Crippen LogP contribution >= 0.6 is 0 Å². The average Bonchev–Trinajstić information content (AvgIpc) is 2.16. The molecular formula is C8H10N2O3S. The molecule has 5 nitrogen and oxygen atoms in total. The van der Waals surface area contributed by atoms with Gasteiger partial charge in [0.25, 0.3) is 0 Å². The van der Waals surface area contributed by atoms with Gasteiger partial charge in [0.15, 0.2) is 0 Å². The van der Waals surface area contributed by atoms with Gasteiger partial charge >= 0.3 is 5.97 Å². The second-order valence-corrected chi connectivity index (χ2v) is 3.87. The molecule has 1 rings (SSSR count). The number of ether oxygens (including phenoxy) is 1. The molecule has 0 saturated heterocycles. The van der Waals surface area contributed by atoms with Crippen LogP contribution in [0.5, 0.6) is 0 Å². The molecule has 14 heavy (non-hydrogen) atoms. The molecule has 0 spiro atoms. The molecule has 1 atom stereocenters. The second kappa shape index (κ2) is 4.28. The van der Waals surface area contributed by atoms with Crippen molar-refractivity contribution in [3.63, 3.8) is 0 Å². The highest BCUT2D eigenvalue weighted by Gasteiger charge is 2.12. The molecule has 1 aromatic heterocycles. The normalized spacial score (nSPS) is 12.2. The monoisotopic (exact) mass is 214 g/mol. The van der Waals surface area contributed by atoms with Crippen molar-refractivity contribution in [3.8, 4) is 0 Å². The molecule has 6 heteroatoms. The Hall–Kier alpha value is -1.30. The Morgan fingerprint density at radius 3 is 2.64 bits per heavy atom. The molecule has 1 heterocycles. The summed E-state index contributed by atoms with van der Waals surface area (Å²) in [7, 11) is 0.0484. The summed E-state index contributed by atoms with van der Waals surface area (Å²) in [5, 5.41) is 0.218. The zero-order chi connectivity index (χ0) is 10.7. The van der Waals surface area contributed by atoms with E-state index in [4.69, 9.17) is 0 Å². The topological polar surface area (TPSA) is 69.2 Å². The number of esters is 1. The minimum atomic E-state index is -1.24. The number of aryl methyl sites for hydroxylation is 1. The van der Waals surface area contributed by atoms with E-state index in [0.29, 0.717) is 11.3 Å². The molecule has 0 aromatic carbocycles. The van der Waals surface area contributed by atoms with Crippen LogP contribution in [0.4, 0.5) is 0 Å². The van der Waals surface area contributed by atoms with E-state index in [1.54, 1.807) is 6.92 Å². The highest BCUT2D eigenvalue weighted by Crippen LogP contribution is 2.06. The number of carbonyl (C=O) groups is 1. The lowest BCUT2D eigenvalue weighted by molar-refractivity contribution is 0.0598. The summed E-state index contributed by atoms with van der Waals surface area (Å²) < 4.78 is 15.5. The summed E-state index contributed by atoms with van der Waals surface area (Å²) in [5.74, 6) is -0.490. The van der Waals surface area contributed by atoms with Crippen LogP contribution in [0.1, 0.15) is 16.1 Å². The Morgan fingerprint density at radius 1 is 1.57 bits per heavy atom. The summed E-state index contributed by atoms with van der Waals surface area (Å²) in [5.41, 5.74) is 0.763. The van der Waals surface area contributed by atoms with Crippen LogP contribution in [0.25, 0.3) is 0 Å². The van der Waals surface area contributed by atoms with E-state index in [2.05, 4.69) is 14.7 Å². The van der Waals surface area contributed by atoms with Gasteiger partial charge in [-0.05, 0) is 6.92 Å². The number of carbonyl (C=O) groups excluding carboxylic acids is 1. The summed E-state index contributed by atoms with van der Waals surface area (Å²) in [4.78, 5) is 18.9. The third-order valence-corrected chi connectivity index (χ3v) is 2.33. The van der Waals surface area contributed by atoms with Gasteiger partial charge < -0.3 is 4.74 Å². The van der Waals surface area contributed by atoms with Gasteiger partial charge in [0.1, 0.15) is 0 Å². The minimum absolute atomic E-state index is 0.218. The van der Waals surface area contributed by atoms with Crippen molar-refractivity contribution in [2.24, 2.45) is 0 Å². The molecule has 76 valence electrons. The molecule has 1 aromatic rings. The van der Waals surface area contributed by atoms with E-state index in [1.807, 2.05) is 0 Å². The maximum atomic E-state index is 11.1. The molecule has 0 fully saturated rings. The molecule has 0 radical (unpaired) electrons. The van der Waals surface area contributed by atoms with E-state index < -0.39 is 16.8 Å². The third kappa shape index (κ3) is 2.14. The number of hydrogen-bond acceptors (Lipinski definition) is 5. The van der Waals surface area contributed by atoms with Crippen LogP contribution < -0.4 is 0 Å². The van der Waals surface area contributed by atoms with Crippen LogP contribution in [-0.2, 0) is 15.5 Å². The van der Waals surface area contributed by atoms with Gasteiger partial charge in [0, 0.05) is 12.5 Å².